The van der Waals surface area contributed by atoms with Crippen molar-refractivity contribution < 1.29 is 9.53 Å². The van der Waals surface area contributed by atoms with Gasteiger partial charge in [-0.1, -0.05) is 56.3 Å². The van der Waals surface area contributed by atoms with Crippen LogP contribution < -0.4 is 19.7 Å². The number of ether oxygens (including phenoxy) is 1. The van der Waals surface area contributed by atoms with Gasteiger partial charge in [0.15, 0.2) is 0 Å². The van der Waals surface area contributed by atoms with Gasteiger partial charge in [0.05, 0.1) is 35.9 Å². The van der Waals surface area contributed by atoms with Crippen LogP contribution >= 0.6 is 11.9 Å². The lowest BCUT2D eigenvalue weighted by Gasteiger charge is -2.33. The van der Waals surface area contributed by atoms with Crippen LogP contribution in [0.2, 0.25) is 0 Å². The number of nitrogens with zero attached hydrogens (tertiary/aromatic N) is 2. The van der Waals surface area contributed by atoms with E-state index >= 15 is 0 Å². The zero-order chi connectivity index (χ0) is 26.2. The second kappa shape index (κ2) is 10.9. The number of rotatable bonds is 3. The van der Waals surface area contributed by atoms with E-state index in [1.54, 1.807) is 18.9 Å². The predicted molar refractivity (Wildman–Crippen MR) is 158 cm³/mol. The Morgan fingerprint density at radius 2 is 1.95 bits per heavy atom. The number of fused-ring (bicyclic) bond motifs is 4. The molecule has 4 bridgehead atoms. The maximum absolute atomic E-state index is 13.1. The lowest BCUT2D eigenvalue weighted by atomic mass is 9.81. The number of benzene rings is 2. The third-order valence-electron chi connectivity index (χ3n) is 8.73. The summed E-state index contributed by atoms with van der Waals surface area (Å²) in [6.45, 7) is 5.86. The number of carbonyl (C=O) groups is 1. The molecule has 0 spiro atoms. The zero-order valence-electron chi connectivity index (χ0n) is 22.8. The van der Waals surface area contributed by atoms with Gasteiger partial charge in [-0.15, -0.1) is 0 Å². The zero-order valence-corrected chi connectivity index (χ0v) is 23.7. The number of hydrogen-bond acceptors (Lipinski definition) is 6. The molecule has 0 amide bonds. The molecule has 2 aromatic carbocycles. The van der Waals surface area contributed by atoms with Gasteiger partial charge in [0.1, 0.15) is 11.5 Å². The molecular formula is C31H40N4O2S. The molecule has 0 radical (unpaired) electrons. The number of para-hydroxylation sites is 1. The first-order valence-electron chi connectivity index (χ1n) is 14.3. The molecular weight excluding hydrogens is 492 g/mol. The molecule has 3 aromatic rings. The molecule has 3 heterocycles. The minimum absolute atomic E-state index is 0.00574. The summed E-state index contributed by atoms with van der Waals surface area (Å²) in [4.78, 5) is 15.4. The van der Waals surface area contributed by atoms with Crippen LogP contribution in [0.1, 0.15) is 63.9 Å². The predicted octanol–water partition coefficient (Wildman–Crippen LogP) is 6.29. The molecule has 1 saturated carbocycles. The Morgan fingerprint density at radius 3 is 2.74 bits per heavy atom. The van der Waals surface area contributed by atoms with Crippen LogP contribution in [0, 0.1) is 5.92 Å². The summed E-state index contributed by atoms with van der Waals surface area (Å²) in [5.74, 6) is 1.64. The van der Waals surface area contributed by atoms with Crippen molar-refractivity contribution in [3.05, 3.63) is 48.0 Å². The standard InChI is InChI=1S/C31H40N4O2S/c1-4-28-33-30(20(2)36)22-17-35-26-16-23(34(3)19-32-38-28)14-15-24(26)29(21-10-6-5-7-11-21)31(35)25-12-8-9-13-27(25)37-18-22/h8-9,12-16,21-22,28,30,32-33H,4-7,10-11,17-19H2,1-3H3/t22-,28?,30?/m0/s1. The van der Waals surface area contributed by atoms with Crippen molar-refractivity contribution in [1.29, 1.82) is 0 Å². The average Bonchev–Trinajstić information content (AvgIpc) is 3.24. The molecule has 202 valence electrons. The van der Waals surface area contributed by atoms with Crippen molar-refractivity contribution in [3.8, 4) is 17.0 Å². The molecule has 6 rings (SSSR count). The third-order valence-corrected chi connectivity index (χ3v) is 9.78. The van der Waals surface area contributed by atoms with Crippen LogP contribution in [0.25, 0.3) is 22.2 Å². The van der Waals surface area contributed by atoms with Crippen molar-refractivity contribution in [2.75, 3.05) is 25.2 Å². The molecule has 38 heavy (non-hydrogen) atoms. The fourth-order valence-electron chi connectivity index (χ4n) is 6.71. The van der Waals surface area contributed by atoms with E-state index in [4.69, 9.17) is 4.74 Å². The second-order valence-electron chi connectivity index (χ2n) is 11.2. The molecule has 3 atom stereocenters. The van der Waals surface area contributed by atoms with Gasteiger partial charge in [0, 0.05) is 36.1 Å². The number of hydrogen-bond donors (Lipinski definition) is 2. The number of nitrogens with one attached hydrogen (secondary N) is 2. The lowest BCUT2D eigenvalue weighted by Crippen LogP contribution is -2.50. The van der Waals surface area contributed by atoms with Crippen LogP contribution in [-0.4, -0.2) is 42.1 Å². The number of carbonyl (C=O) groups excluding carboxylic acids is 1. The van der Waals surface area contributed by atoms with E-state index in [0.717, 1.165) is 25.4 Å². The number of Topliss-reactive ketones (excluding diaryl/α,β-unsaturated/α-hetero) is 1. The molecule has 2 unspecified atom stereocenters. The SMILES string of the molecule is CCC1NC(C(C)=O)[C@@H]2COc3ccccc3-c3c(C4CCCCC4)c4ccc(cc4n3C2)N(C)CNS1. The van der Waals surface area contributed by atoms with Crippen LogP contribution in [0.5, 0.6) is 5.75 Å². The molecule has 2 aliphatic heterocycles. The van der Waals surface area contributed by atoms with Gasteiger partial charge < -0.3 is 14.2 Å². The normalized spacial score (nSPS) is 24.6. The highest BCUT2D eigenvalue weighted by Gasteiger charge is 2.35. The fraction of sp³-hybridized carbons (Fsp3) is 0.516. The summed E-state index contributed by atoms with van der Waals surface area (Å²) in [6.07, 6.45) is 7.29. The van der Waals surface area contributed by atoms with Gasteiger partial charge in [0.2, 0.25) is 0 Å². The summed E-state index contributed by atoms with van der Waals surface area (Å²) in [5.41, 5.74) is 6.42. The second-order valence-corrected chi connectivity index (χ2v) is 12.3. The topological polar surface area (TPSA) is 58.5 Å². The van der Waals surface area contributed by atoms with Crippen molar-refractivity contribution in [3.63, 3.8) is 0 Å². The minimum atomic E-state index is -0.287. The minimum Gasteiger partial charge on any atom is -0.492 e. The van der Waals surface area contributed by atoms with E-state index in [-0.39, 0.29) is 23.1 Å². The Kier molecular flexibility index (Phi) is 7.43. The highest BCUT2D eigenvalue weighted by molar-refractivity contribution is 7.98. The maximum atomic E-state index is 13.1. The molecule has 1 aliphatic carbocycles. The summed E-state index contributed by atoms with van der Waals surface area (Å²) in [7, 11) is 2.15. The summed E-state index contributed by atoms with van der Waals surface area (Å²) in [5, 5.41) is 5.19. The molecule has 6 nitrogen and oxygen atoms in total. The Labute approximate surface area is 230 Å². The Balaban J connectivity index is 1.62. The number of ketones is 1. The van der Waals surface area contributed by atoms with Crippen molar-refractivity contribution in [2.24, 2.45) is 5.92 Å². The summed E-state index contributed by atoms with van der Waals surface area (Å²) < 4.78 is 12.6. The van der Waals surface area contributed by atoms with Crippen LogP contribution in [0.3, 0.4) is 0 Å². The number of aromatic nitrogens is 1. The van der Waals surface area contributed by atoms with Crippen molar-refractivity contribution in [1.82, 2.24) is 14.6 Å². The molecule has 0 saturated heterocycles. The molecule has 7 heteroatoms. The van der Waals surface area contributed by atoms with Gasteiger partial charge >= 0.3 is 0 Å². The Morgan fingerprint density at radius 1 is 1.13 bits per heavy atom. The van der Waals surface area contributed by atoms with Gasteiger partial charge in [-0.05, 0) is 61.9 Å². The van der Waals surface area contributed by atoms with Crippen LogP contribution in [-0.2, 0) is 11.3 Å². The van der Waals surface area contributed by atoms with E-state index in [2.05, 4.69) is 75.9 Å². The first-order chi connectivity index (χ1) is 18.5. The smallest absolute Gasteiger partial charge is 0.147 e. The van der Waals surface area contributed by atoms with E-state index in [1.807, 2.05) is 0 Å². The van der Waals surface area contributed by atoms with E-state index in [9.17, 15) is 4.79 Å². The van der Waals surface area contributed by atoms with Gasteiger partial charge in [-0.2, -0.15) is 0 Å². The fourth-order valence-corrected chi connectivity index (χ4v) is 7.56. The lowest BCUT2D eigenvalue weighted by molar-refractivity contribution is -0.120. The highest BCUT2D eigenvalue weighted by atomic mass is 32.2. The van der Waals surface area contributed by atoms with Gasteiger partial charge in [-0.25, -0.2) is 4.72 Å². The highest BCUT2D eigenvalue weighted by Crippen LogP contribution is 2.47. The monoisotopic (exact) mass is 532 g/mol. The maximum Gasteiger partial charge on any atom is 0.147 e. The Bertz CT molecular complexity index is 1310. The summed E-state index contributed by atoms with van der Waals surface area (Å²) >= 11 is 1.67. The molecule has 1 aromatic heterocycles. The first-order valence-corrected chi connectivity index (χ1v) is 15.2. The van der Waals surface area contributed by atoms with Crippen LogP contribution in [0.15, 0.2) is 42.5 Å². The van der Waals surface area contributed by atoms with E-state index < -0.39 is 0 Å². The van der Waals surface area contributed by atoms with E-state index in [1.165, 1.54) is 65.5 Å². The van der Waals surface area contributed by atoms with Gasteiger partial charge in [0.25, 0.3) is 0 Å². The van der Waals surface area contributed by atoms with E-state index in [0.29, 0.717) is 12.5 Å². The van der Waals surface area contributed by atoms with Gasteiger partial charge in [-0.3, -0.25) is 10.1 Å². The largest absolute Gasteiger partial charge is 0.492 e. The summed E-state index contributed by atoms with van der Waals surface area (Å²) in [6, 6.07) is 15.2. The quantitative estimate of drug-likeness (QED) is 0.387. The molecule has 1 fully saturated rings. The third kappa shape index (κ3) is 4.74. The van der Waals surface area contributed by atoms with Crippen LogP contribution in [0.4, 0.5) is 5.69 Å². The molecule has 2 N–H and O–H groups in total. The average molecular weight is 533 g/mol. The van der Waals surface area contributed by atoms with Crippen molar-refractivity contribution >= 4 is 34.3 Å². The number of anilines is 1. The first kappa shape index (κ1) is 25.8. The Hall–Kier alpha value is -2.48. The molecule has 3 aliphatic rings. The van der Waals surface area contributed by atoms with Crippen molar-refractivity contribution in [2.45, 2.75) is 76.3 Å².